The van der Waals surface area contributed by atoms with Crippen LogP contribution in [0.5, 0.6) is 5.75 Å². The molecule has 1 aromatic rings. The molecule has 2 atom stereocenters. The maximum atomic E-state index is 12.6. The van der Waals surface area contributed by atoms with Gasteiger partial charge in [-0.1, -0.05) is 26.0 Å². The molecule has 6 heteroatoms. The highest BCUT2D eigenvalue weighted by Gasteiger charge is 2.62. The molecule has 1 saturated carbocycles. The number of nitrogens with two attached hydrogens (primary N) is 1. The van der Waals surface area contributed by atoms with Crippen LogP contribution in [0.2, 0.25) is 0 Å². The lowest BCUT2D eigenvalue weighted by molar-refractivity contribution is -0.170. The van der Waals surface area contributed by atoms with Crippen LogP contribution < -0.4 is 15.8 Å². The number of nitrogens with zero attached hydrogens (tertiary/aromatic N) is 1. The van der Waals surface area contributed by atoms with E-state index in [0.717, 1.165) is 17.9 Å². The average molecular weight is 364 g/mol. The molecule has 1 aromatic carbocycles. The zero-order chi connectivity index (χ0) is 19.4. The molecule has 6 nitrogen and oxygen atoms in total. The molecule has 0 saturated heterocycles. The number of benzene rings is 1. The molecule has 0 spiro atoms. The van der Waals surface area contributed by atoms with Gasteiger partial charge in [-0.05, 0) is 38.7 Å². The van der Waals surface area contributed by atoms with Crippen LogP contribution in [-0.2, 0) is 16.1 Å². The van der Waals surface area contributed by atoms with Crippen molar-refractivity contribution < 1.29 is 14.3 Å². The largest absolute Gasteiger partial charge is 0.492 e. The van der Waals surface area contributed by atoms with Crippen molar-refractivity contribution in [1.82, 2.24) is 10.2 Å². The van der Waals surface area contributed by atoms with Crippen LogP contribution in [0.3, 0.4) is 0 Å². The molecule has 0 bridgehead atoms. The van der Waals surface area contributed by atoms with Crippen molar-refractivity contribution in [2.24, 2.45) is 11.1 Å². The molecular formula is C20H33N3O3. The third-order valence-corrected chi connectivity index (χ3v) is 5.42. The van der Waals surface area contributed by atoms with E-state index >= 15 is 0 Å². The lowest BCUT2D eigenvalue weighted by Crippen LogP contribution is -2.75. The van der Waals surface area contributed by atoms with Crippen LogP contribution in [0.4, 0.5) is 0 Å². The van der Waals surface area contributed by atoms with E-state index in [2.05, 4.69) is 10.2 Å². The SMILES string of the molecule is CCOC1CC(N)(C(=O)NCc2ccc(OCCN(C)C)cc2)C1(C)C. The first kappa shape index (κ1) is 20.7. The lowest BCUT2D eigenvalue weighted by Gasteiger charge is -2.57. The van der Waals surface area contributed by atoms with Crippen molar-refractivity contribution in [3.8, 4) is 5.75 Å². The summed E-state index contributed by atoms with van der Waals surface area (Å²) in [4.78, 5) is 14.7. The predicted octanol–water partition coefficient (Wildman–Crippen LogP) is 1.78. The maximum absolute atomic E-state index is 12.6. The summed E-state index contributed by atoms with van der Waals surface area (Å²) in [7, 11) is 4.03. The second-order valence-corrected chi connectivity index (χ2v) is 7.82. The number of rotatable bonds is 9. The van der Waals surface area contributed by atoms with Crippen LogP contribution in [0, 0.1) is 5.41 Å². The van der Waals surface area contributed by atoms with Crippen molar-refractivity contribution in [2.75, 3.05) is 33.9 Å². The van der Waals surface area contributed by atoms with Crippen LogP contribution in [0.1, 0.15) is 32.8 Å². The highest BCUT2D eigenvalue weighted by molar-refractivity contribution is 5.88. The molecule has 0 aliphatic heterocycles. The van der Waals surface area contributed by atoms with E-state index < -0.39 is 5.54 Å². The number of nitrogens with one attached hydrogen (secondary N) is 1. The molecule has 0 radical (unpaired) electrons. The summed E-state index contributed by atoms with van der Waals surface area (Å²) < 4.78 is 11.4. The minimum absolute atomic E-state index is 0.0295. The Kier molecular flexibility index (Phi) is 6.66. The van der Waals surface area contributed by atoms with E-state index in [1.807, 2.05) is 59.1 Å². The fraction of sp³-hybridized carbons (Fsp3) is 0.650. The molecule has 1 fully saturated rings. The molecule has 0 heterocycles. The molecular weight excluding hydrogens is 330 g/mol. The van der Waals surface area contributed by atoms with Crippen molar-refractivity contribution >= 4 is 5.91 Å². The molecule has 1 aliphatic carbocycles. The Labute approximate surface area is 157 Å². The molecule has 3 N–H and O–H groups in total. The normalized spacial score (nSPS) is 24.2. The van der Waals surface area contributed by atoms with E-state index in [4.69, 9.17) is 15.2 Å². The monoisotopic (exact) mass is 363 g/mol. The van der Waals surface area contributed by atoms with Gasteiger partial charge < -0.3 is 25.4 Å². The van der Waals surface area contributed by atoms with Crippen LogP contribution >= 0.6 is 0 Å². The van der Waals surface area contributed by atoms with E-state index in [1.165, 1.54) is 0 Å². The number of hydrogen-bond acceptors (Lipinski definition) is 5. The van der Waals surface area contributed by atoms with E-state index in [1.54, 1.807) is 0 Å². The van der Waals surface area contributed by atoms with Gasteiger partial charge in [0, 0.05) is 31.5 Å². The van der Waals surface area contributed by atoms with Crippen molar-refractivity contribution in [3.63, 3.8) is 0 Å². The van der Waals surface area contributed by atoms with Gasteiger partial charge in [0.1, 0.15) is 17.9 Å². The zero-order valence-electron chi connectivity index (χ0n) is 16.7. The van der Waals surface area contributed by atoms with Gasteiger partial charge in [-0.15, -0.1) is 0 Å². The van der Waals surface area contributed by atoms with Gasteiger partial charge in [0.2, 0.25) is 5.91 Å². The minimum atomic E-state index is -0.887. The van der Waals surface area contributed by atoms with Gasteiger partial charge in [-0.25, -0.2) is 0 Å². The van der Waals surface area contributed by atoms with Gasteiger partial charge in [-0.3, -0.25) is 4.79 Å². The highest BCUT2D eigenvalue weighted by atomic mass is 16.5. The fourth-order valence-electron chi connectivity index (χ4n) is 3.21. The smallest absolute Gasteiger partial charge is 0.241 e. The Morgan fingerprint density at radius 2 is 1.96 bits per heavy atom. The van der Waals surface area contributed by atoms with Gasteiger partial charge in [0.25, 0.3) is 0 Å². The summed E-state index contributed by atoms with van der Waals surface area (Å²) in [6.45, 7) is 8.55. The summed E-state index contributed by atoms with van der Waals surface area (Å²) in [5, 5.41) is 2.97. The zero-order valence-corrected chi connectivity index (χ0v) is 16.7. The summed E-state index contributed by atoms with van der Waals surface area (Å²) in [5.41, 5.74) is 6.15. The maximum Gasteiger partial charge on any atom is 0.241 e. The Hall–Kier alpha value is -1.63. The van der Waals surface area contributed by atoms with Gasteiger partial charge in [0.15, 0.2) is 0 Å². The summed E-state index contributed by atoms with van der Waals surface area (Å²) in [6.07, 6.45) is 0.583. The molecule has 0 aromatic heterocycles. The molecule has 146 valence electrons. The van der Waals surface area contributed by atoms with Crippen molar-refractivity contribution in [1.29, 1.82) is 0 Å². The number of carbonyl (C=O) groups excluding carboxylic acids is 1. The van der Waals surface area contributed by atoms with Crippen molar-refractivity contribution in [3.05, 3.63) is 29.8 Å². The quantitative estimate of drug-likeness (QED) is 0.699. The van der Waals surface area contributed by atoms with Crippen LogP contribution in [0.25, 0.3) is 0 Å². The Balaban J connectivity index is 1.84. The Morgan fingerprint density at radius 1 is 1.31 bits per heavy atom. The van der Waals surface area contributed by atoms with Crippen molar-refractivity contribution in [2.45, 2.75) is 45.4 Å². The number of likely N-dealkylation sites (N-methyl/N-ethyl adjacent to an activating group) is 1. The van der Waals surface area contributed by atoms with Gasteiger partial charge in [0.05, 0.1) is 6.10 Å². The second-order valence-electron chi connectivity index (χ2n) is 7.82. The summed E-state index contributed by atoms with van der Waals surface area (Å²) >= 11 is 0. The van der Waals surface area contributed by atoms with E-state index in [-0.39, 0.29) is 17.4 Å². The molecule has 2 unspecified atom stereocenters. The van der Waals surface area contributed by atoms with E-state index in [0.29, 0.717) is 26.2 Å². The standard InChI is InChI=1S/C20H33N3O3/c1-6-25-17-13-20(21,19(17,2)3)18(24)22-14-15-7-9-16(10-8-15)26-12-11-23(4)5/h7-10,17H,6,11-14,21H2,1-5H3,(H,22,24). The molecule has 2 rings (SSSR count). The number of amides is 1. The summed E-state index contributed by atoms with van der Waals surface area (Å²) in [6, 6.07) is 7.77. The topological polar surface area (TPSA) is 76.8 Å². The lowest BCUT2D eigenvalue weighted by atomic mass is 9.54. The first-order valence-electron chi connectivity index (χ1n) is 9.26. The first-order chi connectivity index (χ1) is 12.2. The Morgan fingerprint density at radius 3 is 2.50 bits per heavy atom. The van der Waals surface area contributed by atoms with Gasteiger partial charge >= 0.3 is 0 Å². The number of hydrogen-bond donors (Lipinski definition) is 2. The highest BCUT2D eigenvalue weighted by Crippen LogP contribution is 2.49. The fourth-order valence-corrected chi connectivity index (χ4v) is 3.21. The van der Waals surface area contributed by atoms with Gasteiger partial charge in [-0.2, -0.15) is 0 Å². The third-order valence-electron chi connectivity index (χ3n) is 5.42. The van der Waals surface area contributed by atoms with Crippen LogP contribution in [0.15, 0.2) is 24.3 Å². The predicted molar refractivity (Wildman–Crippen MR) is 103 cm³/mol. The number of carbonyl (C=O) groups is 1. The minimum Gasteiger partial charge on any atom is -0.492 e. The third kappa shape index (κ3) is 4.37. The Bertz CT molecular complexity index is 601. The first-order valence-corrected chi connectivity index (χ1v) is 9.26. The molecule has 26 heavy (non-hydrogen) atoms. The van der Waals surface area contributed by atoms with E-state index in [9.17, 15) is 4.79 Å². The molecule has 1 amide bonds. The molecule has 1 aliphatic rings. The average Bonchev–Trinajstić information content (AvgIpc) is 2.60. The van der Waals surface area contributed by atoms with Crippen LogP contribution in [-0.4, -0.2) is 56.3 Å². The number of ether oxygens (including phenoxy) is 2. The summed E-state index contributed by atoms with van der Waals surface area (Å²) in [5.74, 6) is 0.710. The second kappa shape index (κ2) is 8.37.